The number of anilines is 1. The summed E-state index contributed by atoms with van der Waals surface area (Å²) in [7, 11) is 0. The normalized spacial score (nSPS) is 10.7. The number of aromatic nitrogens is 1. The molecule has 3 heteroatoms. The third-order valence-corrected chi connectivity index (χ3v) is 3.27. The average molecular weight is 264 g/mol. The number of aryl methyl sites for hydroxylation is 1. The van der Waals surface area contributed by atoms with Crippen molar-refractivity contribution < 1.29 is 4.74 Å². The van der Waals surface area contributed by atoms with E-state index >= 15 is 0 Å². The number of rotatable bonds is 3. The van der Waals surface area contributed by atoms with Crippen molar-refractivity contribution in [3.8, 4) is 5.75 Å². The molecule has 0 saturated heterocycles. The fraction of sp³-hybridized carbons (Fsp3) is 0.118. The summed E-state index contributed by atoms with van der Waals surface area (Å²) in [6.45, 7) is 2.53. The van der Waals surface area contributed by atoms with Gasteiger partial charge in [-0.1, -0.05) is 18.2 Å². The molecule has 3 nitrogen and oxygen atoms in total. The average Bonchev–Trinajstić information content (AvgIpc) is 2.47. The Hall–Kier alpha value is -2.55. The largest absolute Gasteiger partial charge is 0.489 e. The topological polar surface area (TPSA) is 48.1 Å². The quantitative estimate of drug-likeness (QED) is 0.734. The second-order valence-corrected chi connectivity index (χ2v) is 4.82. The van der Waals surface area contributed by atoms with Crippen molar-refractivity contribution in [1.29, 1.82) is 0 Å². The zero-order chi connectivity index (χ0) is 13.9. The molecule has 1 heterocycles. The predicted octanol–water partition coefficient (Wildman–Crippen LogP) is 3.70. The van der Waals surface area contributed by atoms with E-state index in [2.05, 4.69) is 4.98 Å². The van der Waals surface area contributed by atoms with Gasteiger partial charge in [-0.25, -0.2) is 0 Å². The summed E-state index contributed by atoms with van der Waals surface area (Å²) in [6.07, 6.45) is 1.78. The minimum Gasteiger partial charge on any atom is -0.489 e. The zero-order valence-electron chi connectivity index (χ0n) is 11.3. The first-order valence-corrected chi connectivity index (χ1v) is 6.55. The molecule has 3 rings (SSSR count). The van der Waals surface area contributed by atoms with Crippen LogP contribution in [0.1, 0.15) is 11.1 Å². The first kappa shape index (κ1) is 12.5. The van der Waals surface area contributed by atoms with E-state index in [9.17, 15) is 0 Å². The van der Waals surface area contributed by atoms with Crippen molar-refractivity contribution in [3.63, 3.8) is 0 Å². The minimum absolute atomic E-state index is 0.483. The van der Waals surface area contributed by atoms with Crippen LogP contribution in [0.15, 0.2) is 54.7 Å². The van der Waals surface area contributed by atoms with Gasteiger partial charge in [-0.15, -0.1) is 0 Å². The van der Waals surface area contributed by atoms with E-state index in [1.54, 1.807) is 6.20 Å². The van der Waals surface area contributed by atoms with Gasteiger partial charge in [-0.3, -0.25) is 4.98 Å². The fourth-order valence-corrected chi connectivity index (χ4v) is 2.24. The summed E-state index contributed by atoms with van der Waals surface area (Å²) in [6, 6.07) is 15.8. The van der Waals surface area contributed by atoms with Crippen molar-refractivity contribution in [1.82, 2.24) is 4.98 Å². The van der Waals surface area contributed by atoms with Crippen molar-refractivity contribution in [2.75, 3.05) is 5.73 Å². The van der Waals surface area contributed by atoms with E-state index in [0.717, 1.165) is 27.9 Å². The molecule has 0 aliphatic carbocycles. The molecule has 0 atom stereocenters. The van der Waals surface area contributed by atoms with E-state index in [1.165, 1.54) is 5.56 Å². The molecule has 0 unspecified atom stereocenters. The number of nitrogens with two attached hydrogens (primary N) is 1. The zero-order valence-corrected chi connectivity index (χ0v) is 11.3. The molecule has 1 aromatic heterocycles. The van der Waals surface area contributed by atoms with Crippen LogP contribution in [-0.4, -0.2) is 4.98 Å². The lowest BCUT2D eigenvalue weighted by atomic mass is 10.1. The van der Waals surface area contributed by atoms with Gasteiger partial charge in [-0.05, 0) is 42.8 Å². The summed E-state index contributed by atoms with van der Waals surface area (Å²) >= 11 is 0. The van der Waals surface area contributed by atoms with Crippen molar-refractivity contribution in [2.24, 2.45) is 0 Å². The second kappa shape index (κ2) is 5.21. The Kier molecular flexibility index (Phi) is 3.25. The molecular weight excluding hydrogens is 248 g/mol. The summed E-state index contributed by atoms with van der Waals surface area (Å²) in [4.78, 5) is 4.41. The van der Waals surface area contributed by atoms with Crippen LogP contribution >= 0.6 is 0 Å². The maximum Gasteiger partial charge on any atom is 0.120 e. The van der Waals surface area contributed by atoms with Crippen molar-refractivity contribution >= 4 is 16.6 Å². The lowest BCUT2D eigenvalue weighted by Crippen LogP contribution is -1.99. The standard InChI is InChI=1S/C17H16N2O/c1-12-4-2-5-14(10-12)20-11-13-7-8-16(18)15-6-3-9-19-17(13)15/h2-10H,11,18H2,1H3. The van der Waals surface area contributed by atoms with Gasteiger partial charge in [0.2, 0.25) is 0 Å². The van der Waals surface area contributed by atoms with Crippen LogP contribution in [0.3, 0.4) is 0 Å². The van der Waals surface area contributed by atoms with Crippen molar-refractivity contribution in [2.45, 2.75) is 13.5 Å². The van der Waals surface area contributed by atoms with Crippen LogP contribution in [-0.2, 0) is 6.61 Å². The number of hydrogen-bond donors (Lipinski definition) is 1. The maximum absolute atomic E-state index is 5.97. The highest BCUT2D eigenvalue weighted by Crippen LogP contribution is 2.24. The van der Waals surface area contributed by atoms with E-state index in [1.807, 2.05) is 55.5 Å². The number of ether oxygens (including phenoxy) is 1. The molecule has 0 saturated carbocycles. The van der Waals surface area contributed by atoms with Gasteiger partial charge in [0.25, 0.3) is 0 Å². The van der Waals surface area contributed by atoms with E-state index in [-0.39, 0.29) is 0 Å². The summed E-state index contributed by atoms with van der Waals surface area (Å²) < 4.78 is 5.84. The molecule has 3 aromatic rings. The molecule has 0 amide bonds. The van der Waals surface area contributed by atoms with Crippen LogP contribution in [0.5, 0.6) is 5.75 Å². The number of nitrogen functional groups attached to an aromatic ring is 1. The number of fused-ring (bicyclic) bond motifs is 1. The number of nitrogens with zero attached hydrogens (tertiary/aromatic N) is 1. The Morgan fingerprint density at radius 3 is 2.85 bits per heavy atom. The summed E-state index contributed by atoms with van der Waals surface area (Å²) in [5.41, 5.74) is 9.84. The Balaban J connectivity index is 1.90. The predicted molar refractivity (Wildman–Crippen MR) is 81.7 cm³/mol. The minimum atomic E-state index is 0.483. The van der Waals surface area contributed by atoms with Gasteiger partial charge in [-0.2, -0.15) is 0 Å². The number of hydrogen-bond acceptors (Lipinski definition) is 3. The fourth-order valence-electron chi connectivity index (χ4n) is 2.24. The second-order valence-electron chi connectivity index (χ2n) is 4.82. The molecule has 0 aliphatic heterocycles. The number of benzene rings is 2. The van der Waals surface area contributed by atoms with Crippen LogP contribution in [0.2, 0.25) is 0 Å². The Labute approximate surface area is 118 Å². The first-order chi connectivity index (χ1) is 9.74. The van der Waals surface area contributed by atoms with Gasteiger partial charge in [0.15, 0.2) is 0 Å². The molecule has 2 aromatic carbocycles. The smallest absolute Gasteiger partial charge is 0.120 e. The van der Waals surface area contributed by atoms with E-state index < -0.39 is 0 Å². The molecule has 0 spiro atoms. The third-order valence-electron chi connectivity index (χ3n) is 3.27. The van der Waals surface area contributed by atoms with E-state index in [4.69, 9.17) is 10.5 Å². The van der Waals surface area contributed by atoms with Gasteiger partial charge < -0.3 is 10.5 Å². The Bertz CT molecular complexity index is 753. The van der Waals surface area contributed by atoms with Crippen LogP contribution in [0, 0.1) is 6.92 Å². The highest BCUT2D eigenvalue weighted by molar-refractivity contribution is 5.92. The molecule has 0 aliphatic rings. The van der Waals surface area contributed by atoms with Crippen LogP contribution in [0.4, 0.5) is 5.69 Å². The first-order valence-electron chi connectivity index (χ1n) is 6.55. The van der Waals surface area contributed by atoms with Crippen molar-refractivity contribution in [3.05, 3.63) is 65.9 Å². The molecule has 100 valence electrons. The molecular formula is C17H16N2O. The van der Waals surface area contributed by atoms with Gasteiger partial charge in [0, 0.05) is 22.8 Å². The van der Waals surface area contributed by atoms with Gasteiger partial charge >= 0.3 is 0 Å². The lowest BCUT2D eigenvalue weighted by Gasteiger charge is -2.10. The maximum atomic E-state index is 5.97. The van der Waals surface area contributed by atoms with Gasteiger partial charge in [0.1, 0.15) is 12.4 Å². The Morgan fingerprint density at radius 1 is 1.10 bits per heavy atom. The summed E-state index contributed by atoms with van der Waals surface area (Å²) in [5, 5.41) is 0.970. The molecule has 0 fully saturated rings. The molecule has 0 bridgehead atoms. The Morgan fingerprint density at radius 2 is 2.00 bits per heavy atom. The third kappa shape index (κ3) is 2.43. The summed E-state index contributed by atoms with van der Waals surface area (Å²) in [5.74, 6) is 0.867. The van der Waals surface area contributed by atoms with Crippen LogP contribution in [0.25, 0.3) is 10.9 Å². The van der Waals surface area contributed by atoms with Crippen LogP contribution < -0.4 is 10.5 Å². The SMILES string of the molecule is Cc1cccc(OCc2ccc(N)c3cccnc23)c1. The molecule has 20 heavy (non-hydrogen) atoms. The number of pyridine rings is 1. The molecule has 0 radical (unpaired) electrons. The lowest BCUT2D eigenvalue weighted by molar-refractivity contribution is 0.307. The van der Waals surface area contributed by atoms with Gasteiger partial charge in [0.05, 0.1) is 5.52 Å². The highest BCUT2D eigenvalue weighted by atomic mass is 16.5. The van der Waals surface area contributed by atoms with E-state index in [0.29, 0.717) is 6.61 Å². The molecule has 2 N–H and O–H groups in total. The monoisotopic (exact) mass is 264 g/mol. The highest BCUT2D eigenvalue weighted by Gasteiger charge is 2.05.